The number of carbonyl (C=O) groups excluding carboxylic acids is 2. The van der Waals surface area contributed by atoms with Crippen molar-refractivity contribution in [2.24, 2.45) is 0 Å². The second kappa shape index (κ2) is 13.0. The van der Waals surface area contributed by atoms with Crippen LogP contribution < -0.4 is 14.8 Å². The summed E-state index contributed by atoms with van der Waals surface area (Å²) in [6.07, 6.45) is -0.230. The Balaban J connectivity index is 1.52. The van der Waals surface area contributed by atoms with Crippen LogP contribution in [-0.4, -0.2) is 53.5 Å². The van der Waals surface area contributed by atoms with Crippen LogP contribution in [0.4, 0.5) is 5.13 Å². The fourth-order valence-electron chi connectivity index (χ4n) is 3.52. The van der Waals surface area contributed by atoms with Crippen molar-refractivity contribution in [1.82, 2.24) is 15.2 Å². The van der Waals surface area contributed by atoms with Crippen molar-refractivity contribution in [2.45, 2.75) is 33.3 Å². The van der Waals surface area contributed by atoms with Gasteiger partial charge in [0, 0.05) is 36.6 Å². The second-order valence-corrected chi connectivity index (χ2v) is 9.27. The number of hydrogen-bond donors (Lipinski definition) is 1. The van der Waals surface area contributed by atoms with Gasteiger partial charge >= 0.3 is 5.97 Å². The number of amides is 1. The zero-order chi connectivity index (χ0) is 27.8. The van der Waals surface area contributed by atoms with Crippen LogP contribution in [0.25, 0.3) is 11.5 Å². The molecule has 204 valence electrons. The Morgan fingerprint density at radius 3 is 2.54 bits per heavy atom. The SMILES string of the molecule is CCOC(=O)Cc1csc(NC(=O)c2cc(Oc3ccc(-c4nnc(C)o4)cc3)cc(OC(C)COC)c2)n1. The van der Waals surface area contributed by atoms with Crippen LogP contribution in [0.2, 0.25) is 0 Å². The minimum atomic E-state index is -0.413. The first kappa shape index (κ1) is 27.7. The number of carbonyl (C=O) groups is 2. The van der Waals surface area contributed by atoms with Gasteiger partial charge in [-0.05, 0) is 50.2 Å². The third-order valence-corrected chi connectivity index (χ3v) is 5.95. The van der Waals surface area contributed by atoms with Gasteiger partial charge in [0.1, 0.15) is 23.4 Å². The van der Waals surface area contributed by atoms with Crippen molar-refractivity contribution in [3.8, 4) is 28.7 Å². The van der Waals surface area contributed by atoms with E-state index in [1.807, 2.05) is 6.92 Å². The lowest BCUT2D eigenvalue weighted by Crippen LogP contribution is -2.18. The maximum atomic E-state index is 13.1. The zero-order valence-corrected chi connectivity index (χ0v) is 22.7. The molecule has 0 aliphatic carbocycles. The molecule has 0 spiro atoms. The van der Waals surface area contributed by atoms with Crippen molar-refractivity contribution >= 4 is 28.3 Å². The maximum Gasteiger partial charge on any atom is 0.311 e. The van der Waals surface area contributed by atoms with E-state index in [4.69, 9.17) is 23.4 Å². The summed E-state index contributed by atoms with van der Waals surface area (Å²) in [5, 5.41) is 12.7. The van der Waals surface area contributed by atoms with E-state index in [9.17, 15) is 9.59 Å². The monoisotopic (exact) mass is 552 g/mol. The molecule has 12 heteroatoms. The molecular weight excluding hydrogens is 524 g/mol. The van der Waals surface area contributed by atoms with Gasteiger partial charge in [0.2, 0.25) is 11.8 Å². The minimum Gasteiger partial charge on any atom is -0.488 e. The first-order chi connectivity index (χ1) is 18.8. The molecule has 0 aliphatic heterocycles. The van der Waals surface area contributed by atoms with Crippen molar-refractivity contribution < 1.29 is 33.0 Å². The summed E-state index contributed by atoms with van der Waals surface area (Å²) in [6.45, 7) is 5.98. The average Bonchev–Trinajstić information content (AvgIpc) is 3.53. The van der Waals surface area contributed by atoms with Crippen LogP contribution in [0, 0.1) is 6.92 Å². The van der Waals surface area contributed by atoms with Gasteiger partial charge in [0.15, 0.2) is 5.13 Å². The molecule has 0 saturated heterocycles. The number of nitrogens with one attached hydrogen (secondary N) is 1. The molecule has 11 nitrogen and oxygen atoms in total. The van der Waals surface area contributed by atoms with Crippen LogP contribution in [0.15, 0.2) is 52.3 Å². The molecular formula is C27H28N4O7S. The normalized spacial score (nSPS) is 11.6. The predicted octanol–water partition coefficient (Wildman–Crippen LogP) is 5.07. The van der Waals surface area contributed by atoms with E-state index < -0.39 is 5.91 Å². The number of aryl methyl sites for hydroxylation is 1. The summed E-state index contributed by atoms with van der Waals surface area (Å²) in [5.74, 6) is 1.46. The molecule has 1 N–H and O–H groups in total. The third-order valence-electron chi connectivity index (χ3n) is 5.15. The smallest absolute Gasteiger partial charge is 0.311 e. The fourth-order valence-corrected chi connectivity index (χ4v) is 4.23. The maximum absolute atomic E-state index is 13.1. The molecule has 39 heavy (non-hydrogen) atoms. The molecule has 2 heterocycles. The number of aromatic nitrogens is 3. The standard InChI is InChI=1S/C27H28N4O7S/c1-5-35-24(32)12-20-15-39-27(28-20)29-25(33)19-10-22(36-16(2)14-34-4)13-23(11-19)38-21-8-6-18(7-9-21)26-31-30-17(3)37-26/h6-11,13,15-16H,5,12,14H2,1-4H3,(H,28,29,33). The van der Waals surface area contributed by atoms with Crippen molar-refractivity contribution in [1.29, 1.82) is 0 Å². The molecule has 4 aromatic rings. The van der Waals surface area contributed by atoms with Gasteiger partial charge in [-0.25, -0.2) is 4.98 Å². The Morgan fingerprint density at radius 2 is 1.85 bits per heavy atom. The number of thiazole rings is 1. The lowest BCUT2D eigenvalue weighted by molar-refractivity contribution is -0.142. The van der Waals surface area contributed by atoms with E-state index in [0.717, 1.165) is 5.56 Å². The van der Waals surface area contributed by atoms with Gasteiger partial charge in [0.25, 0.3) is 5.91 Å². The Hall–Kier alpha value is -4.29. The molecule has 2 aromatic heterocycles. The Kier molecular flexibility index (Phi) is 9.23. The van der Waals surface area contributed by atoms with Crippen LogP contribution in [0.1, 0.15) is 35.8 Å². The highest BCUT2D eigenvalue weighted by Gasteiger charge is 2.16. The van der Waals surface area contributed by atoms with Gasteiger partial charge in [0.05, 0.1) is 25.3 Å². The van der Waals surface area contributed by atoms with E-state index in [1.165, 1.54) is 11.3 Å². The molecule has 0 aliphatic rings. The van der Waals surface area contributed by atoms with Gasteiger partial charge < -0.3 is 23.4 Å². The Morgan fingerprint density at radius 1 is 1.08 bits per heavy atom. The van der Waals surface area contributed by atoms with E-state index in [1.54, 1.807) is 68.8 Å². The summed E-state index contributed by atoms with van der Waals surface area (Å²) in [4.78, 5) is 29.2. The first-order valence-electron chi connectivity index (χ1n) is 12.1. The van der Waals surface area contributed by atoms with Gasteiger partial charge in [-0.1, -0.05) is 0 Å². The van der Waals surface area contributed by atoms with Crippen LogP contribution in [0.5, 0.6) is 17.2 Å². The summed E-state index contributed by atoms with van der Waals surface area (Å²) >= 11 is 1.21. The predicted molar refractivity (Wildman–Crippen MR) is 143 cm³/mol. The molecule has 1 amide bonds. The highest BCUT2D eigenvalue weighted by atomic mass is 32.1. The van der Waals surface area contributed by atoms with E-state index in [2.05, 4.69) is 20.5 Å². The van der Waals surface area contributed by atoms with E-state index >= 15 is 0 Å². The topological polar surface area (TPSA) is 135 Å². The van der Waals surface area contributed by atoms with Gasteiger partial charge in [-0.2, -0.15) is 0 Å². The van der Waals surface area contributed by atoms with Crippen LogP contribution in [0.3, 0.4) is 0 Å². The number of anilines is 1. The molecule has 0 fully saturated rings. The number of hydrogen-bond acceptors (Lipinski definition) is 11. The lowest BCUT2D eigenvalue weighted by Gasteiger charge is -2.16. The summed E-state index contributed by atoms with van der Waals surface area (Å²) in [7, 11) is 1.59. The molecule has 1 unspecified atom stereocenters. The third kappa shape index (κ3) is 7.85. The molecule has 0 saturated carbocycles. The average molecular weight is 553 g/mol. The quantitative estimate of drug-likeness (QED) is 0.237. The van der Waals surface area contributed by atoms with E-state index in [-0.39, 0.29) is 18.5 Å². The number of methoxy groups -OCH3 is 1. The lowest BCUT2D eigenvalue weighted by atomic mass is 10.1. The number of ether oxygens (including phenoxy) is 4. The van der Waals surface area contributed by atoms with Crippen LogP contribution >= 0.6 is 11.3 Å². The molecule has 0 radical (unpaired) electrons. The number of rotatable bonds is 12. The summed E-state index contributed by atoms with van der Waals surface area (Å²) in [5.41, 5.74) is 1.56. The van der Waals surface area contributed by atoms with Crippen molar-refractivity contribution in [2.75, 3.05) is 25.6 Å². The Bertz CT molecular complexity index is 1420. The highest BCUT2D eigenvalue weighted by Crippen LogP contribution is 2.30. The second-order valence-electron chi connectivity index (χ2n) is 8.41. The zero-order valence-electron chi connectivity index (χ0n) is 21.9. The summed E-state index contributed by atoms with van der Waals surface area (Å²) in [6, 6.07) is 12.0. The number of benzene rings is 2. The van der Waals surface area contributed by atoms with Gasteiger partial charge in [-0.3, -0.25) is 14.9 Å². The molecule has 0 bridgehead atoms. The summed E-state index contributed by atoms with van der Waals surface area (Å²) < 4.78 is 27.6. The first-order valence-corrected chi connectivity index (χ1v) is 13.0. The minimum absolute atomic E-state index is 0.0316. The van der Waals surface area contributed by atoms with E-state index in [0.29, 0.717) is 58.6 Å². The highest BCUT2D eigenvalue weighted by molar-refractivity contribution is 7.14. The fraction of sp³-hybridized carbons (Fsp3) is 0.296. The largest absolute Gasteiger partial charge is 0.488 e. The van der Waals surface area contributed by atoms with Crippen molar-refractivity contribution in [3.63, 3.8) is 0 Å². The van der Waals surface area contributed by atoms with Gasteiger partial charge in [-0.15, -0.1) is 21.5 Å². The Labute approximate surface area is 229 Å². The molecule has 1 atom stereocenters. The molecule has 4 rings (SSSR count). The number of esters is 1. The van der Waals surface area contributed by atoms with Crippen LogP contribution in [-0.2, 0) is 20.7 Å². The van der Waals surface area contributed by atoms with Crippen molar-refractivity contribution in [3.05, 3.63) is 65.0 Å². The molecule has 2 aromatic carbocycles. The number of nitrogens with zero attached hydrogens (tertiary/aromatic N) is 3.